The average Bonchev–Trinajstić information content (AvgIpc) is 2.23. The summed E-state index contributed by atoms with van der Waals surface area (Å²) in [5, 5.41) is 3.75. The highest BCUT2D eigenvalue weighted by Crippen LogP contribution is 2.27. The van der Waals surface area contributed by atoms with Gasteiger partial charge in [-0.15, -0.1) is 0 Å². The minimum absolute atomic E-state index is 0.251. The van der Waals surface area contributed by atoms with E-state index in [0.29, 0.717) is 11.8 Å². The van der Waals surface area contributed by atoms with Gasteiger partial charge in [0.2, 0.25) is 0 Å². The Morgan fingerprint density at radius 3 is 1.62 bits per heavy atom. The van der Waals surface area contributed by atoms with Crippen molar-refractivity contribution in [3.8, 4) is 0 Å². The van der Waals surface area contributed by atoms with Gasteiger partial charge in [-0.2, -0.15) is 0 Å². The second-order valence-electron chi connectivity index (χ2n) is 5.34. The fourth-order valence-corrected chi connectivity index (χ4v) is 2.64. The van der Waals surface area contributed by atoms with E-state index in [1.54, 1.807) is 0 Å². The Bertz CT molecular complexity index is 164. The lowest BCUT2D eigenvalue weighted by atomic mass is 9.76. The largest absolute Gasteiger partial charge is 0.310 e. The van der Waals surface area contributed by atoms with Crippen molar-refractivity contribution in [2.45, 2.75) is 54.0 Å². The van der Waals surface area contributed by atoms with Crippen LogP contribution in [0.25, 0.3) is 0 Å². The summed E-state index contributed by atoms with van der Waals surface area (Å²) in [6, 6.07) is 0. The lowest BCUT2D eigenvalue weighted by Crippen LogP contribution is -2.60. The number of nitrogens with zero attached hydrogens (tertiary/aromatic N) is 1. The van der Waals surface area contributed by atoms with Gasteiger partial charge in [0, 0.05) is 12.1 Å². The van der Waals surface area contributed by atoms with Crippen LogP contribution in [-0.4, -0.2) is 36.6 Å². The standard InChI is InChI=1S/C14H32N2/c1-8-15-14(12(4)5,13(6)7)11-16(9-2)10-3/h12-13,15H,8-11H2,1-7H3. The van der Waals surface area contributed by atoms with Crippen LogP contribution in [0.15, 0.2) is 0 Å². The molecule has 0 unspecified atom stereocenters. The maximum atomic E-state index is 3.75. The van der Waals surface area contributed by atoms with Crippen molar-refractivity contribution in [2.24, 2.45) is 11.8 Å². The molecular formula is C14H32N2. The lowest BCUT2D eigenvalue weighted by Gasteiger charge is -2.45. The number of nitrogens with one attached hydrogen (secondary N) is 1. The zero-order chi connectivity index (χ0) is 12.8. The molecule has 0 saturated carbocycles. The fraction of sp³-hybridized carbons (Fsp3) is 1.00. The molecule has 0 aliphatic carbocycles. The van der Waals surface area contributed by atoms with Gasteiger partial charge in [-0.25, -0.2) is 0 Å². The number of rotatable bonds is 8. The normalized spacial score (nSPS) is 13.1. The SMILES string of the molecule is CCNC(CN(CC)CC)(C(C)C)C(C)C. The van der Waals surface area contributed by atoms with E-state index >= 15 is 0 Å². The molecule has 0 aromatic heterocycles. The quantitative estimate of drug-likeness (QED) is 0.687. The Hall–Kier alpha value is -0.0800. The fourth-order valence-electron chi connectivity index (χ4n) is 2.64. The van der Waals surface area contributed by atoms with E-state index in [-0.39, 0.29) is 5.54 Å². The van der Waals surface area contributed by atoms with Crippen LogP contribution < -0.4 is 5.32 Å². The van der Waals surface area contributed by atoms with Gasteiger partial charge >= 0.3 is 0 Å². The van der Waals surface area contributed by atoms with Gasteiger partial charge in [0.05, 0.1) is 0 Å². The maximum Gasteiger partial charge on any atom is 0.0354 e. The molecule has 2 heteroatoms. The van der Waals surface area contributed by atoms with Gasteiger partial charge in [0.25, 0.3) is 0 Å². The first-order valence-corrected chi connectivity index (χ1v) is 6.91. The molecule has 0 bridgehead atoms. The summed E-state index contributed by atoms with van der Waals surface area (Å²) >= 11 is 0. The molecular weight excluding hydrogens is 196 g/mol. The summed E-state index contributed by atoms with van der Waals surface area (Å²) in [6.07, 6.45) is 0. The molecule has 0 aromatic carbocycles. The summed E-state index contributed by atoms with van der Waals surface area (Å²) in [5.41, 5.74) is 0.251. The average molecular weight is 228 g/mol. The lowest BCUT2D eigenvalue weighted by molar-refractivity contribution is 0.102. The highest BCUT2D eigenvalue weighted by molar-refractivity contribution is 4.96. The molecule has 0 fully saturated rings. The van der Waals surface area contributed by atoms with Crippen molar-refractivity contribution in [3.05, 3.63) is 0 Å². The monoisotopic (exact) mass is 228 g/mol. The van der Waals surface area contributed by atoms with Gasteiger partial charge in [-0.3, -0.25) is 0 Å². The molecule has 0 amide bonds. The van der Waals surface area contributed by atoms with Crippen LogP contribution in [0.3, 0.4) is 0 Å². The highest BCUT2D eigenvalue weighted by Gasteiger charge is 2.37. The zero-order valence-corrected chi connectivity index (χ0v) is 12.4. The highest BCUT2D eigenvalue weighted by atomic mass is 15.2. The van der Waals surface area contributed by atoms with Gasteiger partial charge in [0.1, 0.15) is 0 Å². The van der Waals surface area contributed by atoms with Crippen molar-refractivity contribution in [1.29, 1.82) is 0 Å². The third-order valence-electron chi connectivity index (χ3n) is 3.95. The molecule has 0 radical (unpaired) electrons. The summed E-state index contributed by atoms with van der Waals surface area (Å²) < 4.78 is 0. The Balaban J connectivity index is 4.87. The third-order valence-corrected chi connectivity index (χ3v) is 3.95. The Kier molecular flexibility index (Phi) is 7.25. The van der Waals surface area contributed by atoms with E-state index in [0.717, 1.165) is 26.2 Å². The number of hydrogen-bond donors (Lipinski definition) is 1. The molecule has 0 aliphatic rings. The van der Waals surface area contributed by atoms with Gasteiger partial charge < -0.3 is 10.2 Å². The van der Waals surface area contributed by atoms with Crippen LogP contribution in [0.5, 0.6) is 0 Å². The van der Waals surface area contributed by atoms with Crippen molar-refractivity contribution in [1.82, 2.24) is 10.2 Å². The molecule has 0 aliphatic heterocycles. The number of hydrogen-bond acceptors (Lipinski definition) is 2. The van der Waals surface area contributed by atoms with Crippen LogP contribution in [0.1, 0.15) is 48.5 Å². The van der Waals surface area contributed by atoms with Crippen LogP contribution in [0.4, 0.5) is 0 Å². The summed E-state index contributed by atoms with van der Waals surface area (Å²) in [7, 11) is 0. The maximum absolute atomic E-state index is 3.75. The zero-order valence-electron chi connectivity index (χ0n) is 12.4. The van der Waals surface area contributed by atoms with Crippen LogP contribution in [-0.2, 0) is 0 Å². The molecule has 0 spiro atoms. The van der Waals surface area contributed by atoms with Gasteiger partial charge in [-0.05, 0) is 31.5 Å². The molecule has 98 valence electrons. The van der Waals surface area contributed by atoms with E-state index in [4.69, 9.17) is 0 Å². The molecule has 0 saturated heterocycles. The molecule has 2 nitrogen and oxygen atoms in total. The van der Waals surface area contributed by atoms with Crippen LogP contribution >= 0.6 is 0 Å². The molecule has 1 N–H and O–H groups in total. The van der Waals surface area contributed by atoms with E-state index in [9.17, 15) is 0 Å². The Morgan fingerprint density at radius 1 is 0.938 bits per heavy atom. The van der Waals surface area contributed by atoms with E-state index in [2.05, 4.69) is 58.7 Å². The molecule has 0 rings (SSSR count). The first-order valence-electron chi connectivity index (χ1n) is 6.91. The Labute approximate surface area is 103 Å². The Morgan fingerprint density at radius 2 is 1.38 bits per heavy atom. The minimum Gasteiger partial charge on any atom is -0.310 e. The molecule has 0 heterocycles. The topological polar surface area (TPSA) is 15.3 Å². The van der Waals surface area contributed by atoms with E-state index in [1.165, 1.54) is 0 Å². The van der Waals surface area contributed by atoms with Crippen molar-refractivity contribution in [3.63, 3.8) is 0 Å². The second-order valence-corrected chi connectivity index (χ2v) is 5.34. The summed E-state index contributed by atoms with van der Waals surface area (Å²) in [5.74, 6) is 1.32. The van der Waals surface area contributed by atoms with Crippen molar-refractivity contribution < 1.29 is 0 Å². The number of likely N-dealkylation sites (N-methyl/N-ethyl adjacent to an activating group) is 2. The smallest absolute Gasteiger partial charge is 0.0354 e. The molecule has 16 heavy (non-hydrogen) atoms. The van der Waals surface area contributed by atoms with Crippen LogP contribution in [0.2, 0.25) is 0 Å². The van der Waals surface area contributed by atoms with Gasteiger partial charge in [0.15, 0.2) is 0 Å². The first-order chi connectivity index (χ1) is 7.44. The molecule has 0 atom stereocenters. The predicted octanol–water partition coefficient (Wildman–Crippen LogP) is 2.99. The van der Waals surface area contributed by atoms with Crippen molar-refractivity contribution in [2.75, 3.05) is 26.2 Å². The minimum atomic E-state index is 0.251. The van der Waals surface area contributed by atoms with E-state index in [1.807, 2.05) is 0 Å². The summed E-state index contributed by atoms with van der Waals surface area (Å²) in [4.78, 5) is 2.53. The van der Waals surface area contributed by atoms with Crippen molar-refractivity contribution >= 4 is 0 Å². The van der Waals surface area contributed by atoms with E-state index < -0.39 is 0 Å². The molecule has 0 aromatic rings. The van der Waals surface area contributed by atoms with Crippen LogP contribution in [0, 0.1) is 11.8 Å². The van der Waals surface area contributed by atoms with Gasteiger partial charge in [-0.1, -0.05) is 48.5 Å². The third kappa shape index (κ3) is 3.74. The predicted molar refractivity (Wildman–Crippen MR) is 73.9 cm³/mol. The summed E-state index contributed by atoms with van der Waals surface area (Å²) in [6.45, 7) is 20.6. The first kappa shape index (κ1) is 15.9. The second kappa shape index (κ2) is 7.29.